The number of hydrogen-bond acceptors (Lipinski definition) is 3. The minimum absolute atomic E-state index is 0.0311. The van der Waals surface area contributed by atoms with Gasteiger partial charge in [0, 0.05) is 31.5 Å². The SMILES string of the molecule is CC(C)(C)C(=O)NCCC(=O)NCCCCCCO. The summed E-state index contributed by atoms with van der Waals surface area (Å²) in [7, 11) is 0. The van der Waals surface area contributed by atoms with Crippen LogP contribution in [0.4, 0.5) is 0 Å². The third-order valence-corrected chi connectivity index (χ3v) is 2.73. The van der Waals surface area contributed by atoms with E-state index in [1.807, 2.05) is 20.8 Å². The molecule has 5 nitrogen and oxygen atoms in total. The second-order valence-electron chi connectivity index (χ2n) is 5.74. The highest BCUT2D eigenvalue weighted by atomic mass is 16.3. The van der Waals surface area contributed by atoms with Crippen LogP contribution in [0, 0.1) is 5.41 Å². The number of aliphatic hydroxyl groups excluding tert-OH is 1. The summed E-state index contributed by atoms with van der Waals surface area (Å²) in [6.07, 6.45) is 4.08. The van der Waals surface area contributed by atoms with Crippen LogP contribution >= 0.6 is 0 Å². The predicted molar refractivity (Wildman–Crippen MR) is 75.6 cm³/mol. The van der Waals surface area contributed by atoms with Gasteiger partial charge in [-0.3, -0.25) is 9.59 Å². The predicted octanol–water partition coefficient (Wildman–Crippen LogP) is 1.21. The van der Waals surface area contributed by atoms with Crippen LogP contribution in [0.25, 0.3) is 0 Å². The van der Waals surface area contributed by atoms with Crippen LogP contribution in [0.2, 0.25) is 0 Å². The van der Waals surface area contributed by atoms with Gasteiger partial charge in [0.05, 0.1) is 0 Å². The van der Waals surface area contributed by atoms with Gasteiger partial charge in [0.2, 0.25) is 11.8 Å². The molecule has 5 heteroatoms. The summed E-state index contributed by atoms with van der Waals surface area (Å²) in [6.45, 7) is 6.81. The van der Waals surface area contributed by atoms with Crippen molar-refractivity contribution in [1.29, 1.82) is 0 Å². The van der Waals surface area contributed by atoms with Crippen LogP contribution in [-0.2, 0) is 9.59 Å². The molecule has 2 amide bonds. The van der Waals surface area contributed by atoms with E-state index in [0.29, 0.717) is 19.5 Å². The minimum atomic E-state index is -0.414. The molecule has 0 aliphatic heterocycles. The zero-order chi connectivity index (χ0) is 14.7. The highest BCUT2D eigenvalue weighted by Crippen LogP contribution is 2.11. The Labute approximate surface area is 116 Å². The molecule has 0 unspecified atom stereocenters. The fraction of sp³-hybridized carbons (Fsp3) is 0.857. The van der Waals surface area contributed by atoms with Gasteiger partial charge in [-0.25, -0.2) is 0 Å². The molecule has 0 saturated heterocycles. The summed E-state index contributed by atoms with van der Waals surface area (Å²) in [4.78, 5) is 23.0. The van der Waals surface area contributed by atoms with Gasteiger partial charge in [-0.1, -0.05) is 33.6 Å². The Kier molecular flexibility index (Phi) is 9.21. The Balaban J connectivity index is 3.48. The summed E-state index contributed by atoms with van der Waals surface area (Å²) >= 11 is 0. The van der Waals surface area contributed by atoms with Crippen molar-refractivity contribution in [2.75, 3.05) is 19.7 Å². The summed E-state index contributed by atoms with van der Waals surface area (Å²) in [5.74, 6) is -0.0688. The number of aliphatic hydroxyl groups is 1. The van der Waals surface area contributed by atoms with Crippen molar-refractivity contribution in [2.24, 2.45) is 5.41 Å². The van der Waals surface area contributed by atoms with Gasteiger partial charge in [-0.15, -0.1) is 0 Å². The van der Waals surface area contributed by atoms with E-state index in [2.05, 4.69) is 10.6 Å². The number of nitrogens with one attached hydrogen (secondary N) is 2. The lowest BCUT2D eigenvalue weighted by Gasteiger charge is -2.17. The van der Waals surface area contributed by atoms with Crippen LogP contribution in [0.5, 0.6) is 0 Å². The molecule has 0 aromatic rings. The molecular weight excluding hydrogens is 244 g/mol. The Morgan fingerprint density at radius 1 is 0.947 bits per heavy atom. The molecule has 0 atom stereocenters. The first-order chi connectivity index (χ1) is 8.88. The van der Waals surface area contributed by atoms with Crippen LogP contribution in [0.1, 0.15) is 52.9 Å². The number of carbonyl (C=O) groups is 2. The second-order valence-corrected chi connectivity index (χ2v) is 5.74. The lowest BCUT2D eigenvalue weighted by Crippen LogP contribution is -2.37. The Morgan fingerprint density at radius 3 is 2.16 bits per heavy atom. The molecule has 0 spiro atoms. The normalized spacial score (nSPS) is 11.2. The molecule has 3 N–H and O–H groups in total. The van der Waals surface area contributed by atoms with E-state index < -0.39 is 5.41 Å². The Hall–Kier alpha value is -1.10. The first-order valence-corrected chi connectivity index (χ1v) is 7.04. The molecule has 0 rings (SSSR count). The van der Waals surface area contributed by atoms with Crippen LogP contribution in [0.3, 0.4) is 0 Å². The van der Waals surface area contributed by atoms with Gasteiger partial charge in [-0.2, -0.15) is 0 Å². The molecule has 0 aromatic carbocycles. The van der Waals surface area contributed by atoms with Crippen molar-refractivity contribution in [3.05, 3.63) is 0 Å². The van der Waals surface area contributed by atoms with Crippen LogP contribution in [-0.4, -0.2) is 36.6 Å². The molecule has 0 aliphatic carbocycles. The van der Waals surface area contributed by atoms with Gasteiger partial charge < -0.3 is 15.7 Å². The summed E-state index contributed by atoms with van der Waals surface area (Å²) in [6, 6.07) is 0. The molecule has 0 bridgehead atoms. The fourth-order valence-corrected chi connectivity index (χ4v) is 1.46. The molecular formula is C14H28N2O3. The molecule has 0 aromatic heterocycles. The maximum atomic E-state index is 11.5. The Morgan fingerprint density at radius 2 is 1.58 bits per heavy atom. The molecule has 0 radical (unpaired) electrons. The van der Waals surface area contributed by atoms with Gasteiger partial charge >= 0.3 is 0 Å². The van der Waals surface area contributed by atoms with E-state index in [0.717, 1.165) is 25.7 Å². The lowest BCUT2D eigenvalue weighted by atomic mass is 9.96. The summed E-state index contributed by atoms with van der Waals surface area (Å²) < 4.78 is 0. The summed E-state index contributed by atoms with van der Waals surface area (Å²) in [5, 5.41) is 14.2. The van der Waals surface area contributed by atoms with Crippen molar-refractivity contribution in [3.8, 4) is 0 Å². The highest BCUT2D eigenvalue weighted by Gasteiger charge is 2.20. The molecule has 112 valence electrons. The van der Waals surface area contributed by atoms with Crippen LogP contribution < -0.4 is 10.6 Å². The van der Waals surface area contributed by atoms with Crippen LogP contribution in [0.15, 0.2) is 0 Å². The van der Waals surface area contributed by atoms with Crippen molar-refractivity contribution in [2.45, 2.75) is 52.9 Å². The second kappa shape index (κ2) is 9.78. The molecule has 0 saturated carbocycles. The van der Waals surface area contributed by atoms with Crippen molar-refractivity contribution < 1.29 is 14.7 Å². The average molecular weight is 272 g/mol. The standard InChI is InChI=1S/C14H28N2O3/c1-14(2,3)13(19)16-10-8-12(18)15-9-6-4-5-7-11-17/h17H,4-11H2,1-3H3,(H,15,18)(H,16,19). The first kappa shape index (κ1) is 17.9. The van der Waals surface area contributed by atoms with Gasteiger partial charge in [0.1, 0.15) is 0 Å². The summed E-state index contributed by atoms with van der Waals surface area (Å²) in [5.41, 5.74) is -0.414. The topological polar surface area (TPSA) is 78.4 Å². The number of carbonyl (C=O) groups excluding carboxylic acids is 2. The monoisotopic (exact) mass is 272 g/mol. The number of hydrogen-bond donors (Lipinski definition) is 3. The maximum absolute atomic E-state index is 11.5. The van der Waals surface area contributed by atoms with E-state index in [-0.39, 0.29) is 18.4 Å². The van der Waals surface area contributed by atoms with E-state index in [1.165, 1.54) is 0 Å². The van der Waals surface area contributed by atoms with E-state index in [1.54, 1.807) is 0 Å². The largest absolute Gasteiger partial charge is 0.396 e. The number of amides is 2. The van der Waals surface area contributed by atoms with Gasteiger partial charge in [-0.05, 0) is 12.8 Å². The number of unbranched alkanes of at least 4 members (excludes halogenated alkanes) is 3. The zero-order valence-corrected chi connectivity index (χ0v) is 12.4. The molecule has 0 fully saturated rings. The minimum Gasteiger partial charge on any atom is -0.396 e. The van der Waals surface area contributed by atoms with Crippen molar-refractivity contribution in [3.63, 3.8) is 0 Å². The van der Waals surface area contributed by atoms with E-state index in [9.17, 15) is 9.59 Å². The van der Waals surface area contributed by atoms with Gasteiger partial charge in [0.25, 0.3) is 0 Å². The molecule has 19 heavy (non-hydrogen) atoms. The zero-order valence-electron chi connectivity index (χ0n) is 12.4. The van der Waals surface area contributed by atoms with Gasteiger partial charge in [0.15, 0.2) is 0 Å². The lowest BCUT2D eigenvalue weighted by molar-refractivity contribution is -0.128. The quantitative estimate of drug-likeness (QED) is 0.552. The first-order valence-electron chi connectivity index (χ1n) is 7.04. The Bertz CT molecular complexity index is 272. The number of rotatable bonds is 9. The fourth-order valence-electron chi connectivity index (χ4n) is 1.46. The molecule has 0 aliphatic rings. The average Bonchev–Trinajstić information content (AvgIpc) is 2.32. The van der Waals surface area contributed by atoms with E-state index in [4.69, 9.17) is 5.11 Å². The smallest absolute Gasteiger partial charge is 0.225 e. The van der Waals surface area contributed by atoms with E-state index >= 15 is 0 Å². The van der Waals surface area contributed by atoms with Crippen molar-refractivity contribution >= 4 is 11.8 Å². The molecule has 0 heterocycles. The maximum Gasteiger partial charge on any atom is 0.225 e. The third-order valence-electron chi connectivity index (χ3n) is 2.73. The van der Waals surface area contributed by atoms with Crippen molar-refractivity contribution in [1.82, 2.24) is 10.6 Å². The third kappa shape index (κ3) is 10.5. The highest BCUT2D eigenvalue weighted by molar-refractivity contribution is 5.82.